The van der Waals surface area contributed by atoms with Crippen LogP contribution in [0.4, 0.5) is 0 Å². The molecule has 1 aromatic carbocycles. The molecular weight excluding hydrogens is 218 g/mol. The third-order valence-electron chi connectivity index (χ3n) is 2.50. The number of benzene rings is 1. The lowest BCUT2D eigenvalue weighted by atomic mass is 10.1. The molecule has 0 saturated heterocycles. The first-order valence-electron chi connectivity index (χ1n) is 5.34. The van der Waals surface area contributed by atoms with Crippen molar-refractivity contribution in [2.45, 2.75) is 19.8 Å². The summed E-state index contributed by atoms with van der Waals surface area (Å²) in [5.74, 6) is 0.0210. The Morgan fingerprint density at radius 2 is 2.29 bits per heavy atom. The number of aryl methyl sites for hydroxylation is 2. The molecule has 1 N–H and O–H groups in total. The van der Waals surface area contributed by atoms with Crippen LogP contribution in [-0.4, -0.2) is 25.8 Å². The Morgan fingerprint density at radius 1 is 1.47 bits per heavy atom. The predicted octanol–water partition coefficient (Wildman–Crippen LogP) is 1.59. The molecule has 0 amide bonds. The average molecular weight is 231 g/mol. The second-order valence-corrected chi connectivity index (χ2v) is 3.78. The number of rotatable bonds is 4. The van der Waals surface area contributed by atoms with E-state index in [-0.39, 0.29) is 6.42 Å². The Hall–Kier alpha value is -2.17. The molecule has 0 bridgehead atoms. The van der Waals surface area contributed by atoms with Crippen molar-refractivity contribution in [2.75, 3.05) is 0 Å². The average Bonchev–Trinajstić information content (AvgIpc) is 2.73. The van der Waals surface area contributed by atoms with E-state index in [1.807, 2.05) is 31.2 Å². The van der Waals surface area contributed by atoms with Crippen LogP contribution in [0, 0.1) is 6.92 Å². The Labute approximate surface area is 98.7 Å². The van der Waals surface area contributed by atoms with Crippen LogP contribution < -0.4 is 0 Å². The van der Waals surface area contributed by atoms with Crippen molar-refractivity contribution < 1.29 is 9.90 Å². The van der Waals surface area contributed by atoms with Crippen LogP contribution in [0.25, 0.3) is 5.69 Å². The van der Waals surface area contributed by atoms with E-state index in [9.17, 15) is 4.79 Å². The highest BCUT2D eigenvalue weighted by atomic mass is 16.4. The number of hydrogen-bond acceptors (Lipinski definition) is 3. The van der Waals surface area contributed by atoms with E-state index in [4.69, 9.17) is 5.11 Å². The molecule has 0 aliphatic rings. The monoisotopic (exact) mass is 231 g/mol. The lowest BCUT2D eigenvalue weighted by Crippen LogP contribution is -2.01. The lowest BCUT2D eigenvalue weighted by Gasteiger charge is -2.05. The molecule has 17 heavy (non-hydrogen) atoms. The summed E-state index contributed by atoms with van der Waals surface area (Å²) >= 11 is 0. The van der Waals surface area contributed by atoms with Gasteiger partial charge in [-0.05, 0) is 31.0 Å². The molecular formula is C12H13N3O2. The first-order chi connectivity index (χ1) is 8.16. The normalized spacial score (nSPS) is 10.4. The van der Waals surface area contributed by atoms with Crippen molar-refractivity contribution >= 4 is 5.97 Å². The van der Waals surface area contributed by atoms with Gasteiger partial charge in [0, 0.05) is 6.42 Å². The number of carboxylic acids is 1. The molecule has 0 fully saturated rings. The van der Waals surface area contributed by atoms with Gasteiger partial charge < -0.3 is 5.11 Å². The maximum absolute atomic E-state index is 10.5. The molecule has 1 aromatic heterocycles. The first-order valence-corrected chi connectivity index (χ1v) is 5.34. The van der Waals surface area contributed by atoms with Crippen LogP contribution in [0.3, 0.4) is 0 Å². The van der Waals surface area contributed by atoms with Gasteiger partial charge in [0.25, 0.3) is 0 Å². The first kappa shape index (κ1) is 11.3. The van der Waals surface area contributed by atoms with Crippen molar-refractivity contribution in [3.63, 3.8) is 0 Å². The van der Waals surface area contributed by atoms with Crippen molar-refractivity contribution in [1.82, 2.24) is 14.8 Å². The quantitative estimate of drug-likeness (QED) is 0.867. The third kappa shape index (κ3) is 2.69. The fourth-order valence-electron chi connectivity index (χ4n) is 1.65. The molecule has 0 radical (unpaired) electrons. The van der Waals surface area contributed by atoms with Gasteiger partial charge in [-0.1, -0.05) is 12.1 Å². The van der Waals surface area contributed by atoms with Crippen molar-refractivity contribution in [3.05, 3.63) is 42.0 Å². The largest absolute Gasteiger partial charge is 0.481 e. The highest BCUT2D eigenvalue weighted by Crippen LogP contribution is 2.12. The van der Waals surface area contributed by atoms with Crippen LogP contribution in [0.1, 0.15) is 17.8 Å². The number of nitrogens with zero attached hydrogens (tertiary/aromatic N) is 3. The SMILES string of the molecule is Cc1ncnn1-c1cccc(CCC(=O)O)c1. The third-order valence-corrected chi connectivity index (χ3v) is 2.50. The van der Waals surface area contributed by atoms with E-state index in [0.29, 0.717) is 6.42 Å². The molecule has 0 aliphatic heterocycles. The van der Waals surface area contributed by atoms with Gasteiger partial charge in [0.15, 0.2) is 0 Å². The zero-order valence-electron chi connectivity index (χ0n) is 9.50. The molecule has 0 saturated carbocycles. The van der Waals surface area contributed by atoms with Gasteiger partial charge in [0.05, 0.1) is 5.69 Å². The fourth-order valence-corrected chi connectivity index (χ4v) is 1.65. The molecule has 2 aromatic rings. The van der Waals surface area contributed by atoms with Crippen molar-refractivity contribution in [1.29, 1.82) is 0 Å². The van der Waals surface area contributed by atoms with Gasteiger partial charge in [-0.2, -0.15) is 5.10 Å². The van der Waals surface area contributed by atoms with E-state index in [1.165, 1.54) is 6.33 Å². The summed E-state index contributed by atoms with van der Waals surface area (Å²) in [5.41, 5.74) is 1.89. The van der Waals surface area contributed by atoms with Gasteiger partial charge in [0.1, 0.15) is 12.2 Å². The summed E-state index contributed by atoms with van der Waals surface area (Å²) in [7, 11) is 0. The molecule has 1 heterocycles. The lowest BCUT2D eigenvalue weighted by molar-refractivity contribution is -0.136. The maximum Gasteiger partial charge on any atom is 0.303 e. The van der Waals surface area contributed by atoms with E-state index in [1.54, 1.807) is 4.68 Å². The van der Waals surface area contributed by atoms with Crippen LogP contribution in [-0.2, 0) is 11.2 Å². The number of carbonyl (C=O) groups is 1. The van der Waals surface area contributed by atoms with E-state index in [2.05, 4.69) is 10.1 Å². The number of aromatic nitrogens is 3. The summed E-state index contributed by atoms with van der Waals surface area (Å²) in [6.07, 6.45) is 2.16. The van der Waals surface area contributed by atoms with Gasteiger partial charge in [0.2, 0.25) is 0 Å². The van der Waals surface area contributed by atoms with Gasteiger partial charge in [-0.3, -0.25) is 4.79 Å². The molecule has 0 aliphatic carbocycles. The topological polar surface area (TPSA) is 68.0 Å². The van der Waals surface area contributed by atoms with Gasteiger partial charge in [-0.25, -0.2) is 9.67 Å². The van der Waals surface area contributed by atoms with Crippen LogP contribution >= 0.6 is 0 Å². The smallest absolute Gasteiger partial charge is 0.303 e. The minimum atomic E-state index is -0.785. The molecule has 0 spiro atoms. The Kier molecular flexibility index (Phi) is 3.18. The summed E-state index contributed by atoms with van der Waals surface area (Å²) < 4.78 is 1.73. The van der Waals surface area contributed by atoms with Crippen LogP contribution in [0.15, 0.2) is 30.6 Å². The molecule has 5 heteroatoms. The summed E-state index contributed by atoms with van der Waals surface area (Å²) in [4.78, 5) is 14.6. The van der Waals surface area contributed by atoms with Crippen LogP contribution in [0.5, 0.6) is 0 Å². The predicted molar refractivity (Wildman–Crippen MR) is 62.1 cm³/mol. The Morgan fingerprint density at radius 3 is 2.94 bits per heavy atom. The number of carboxylic acid groups (broad SMARTS) is 1. The second-order valence-electron chi connectivity index (χ2n) is 3.78. The highest BCUT2D eigenvalue weighted by molar-refractivity contribution is 5.67. The Bertz CT molecular complexity index is 534. The number of aliphatic carboxylic acids is 1. The van der Waals surface area contributed by atoms with E-state index >= 15 is 0 Å². The fraction of sp³-hybridized carbons (Fsp3) is 0.250. The van der Waals surface area contributed by atoms with Gasteiger partial charge in [-0.15, -0.1) is 0 Å². The summed E-state index contributed by atoms with van der Waals surface area (Å²) in [5, 5.41) is 12.8. The second kappa shape index (κ2) is 4.78. The van der Waals surface area contributed by atoms with E-state index < -0.39 is 5.97 Å². The molecule has 2 rings (SSSR count). The standard InChI is InChI=1S/C12H13N3O2/c1-9-13-8-14-15(9)11-4-2-3-10(7-11)5-6-12(16)17/h2-4,7-8H,5-6H2,1H3,(H,16,17). The summed E-state index contributed by atoms with van der Waals surface area (Å²) in [6, 6.07) is 7.67. The van der Waals surface area contributed by atoms with Crippen LogP contribution in [0.2, 0.25) is 0 Å². The minimum absolute atomic E-state index is 0.139. The Balaban J connectivity index is 2.23. The molecule has 0 unspecified atom stereocenters. The molecule has 88 valence electrons. The van der Waals surface area contributed by atoms with Gasteiger partial charge >= 0.3 is 5.97 Å². The van der Waals surface area contributed by atoms with Crippen molar-refractivity contribution in [3.8, 4) is 5.69 Å². The van der Waals surface area contributed by atoms with E-state index in [0.717, 1.165) is 17.1 Å². The molecule has 0 atom stereocenters. The molecule has 5 nitrogen and oxygen atoms in total. The minimum Gasteiger partial charge on any atom is -0.481 e. The number of hydrogen-bond donors (Lipinski definition) is 1. The highest BCUT2D eigenvalue weighted by Gasteiger charge is 2.04. The maximum atomic E-state index is 10.5. The summed E-state index contributed by atoms with van der Waals surface area (Å²) in [6.45, 7) is 1.87. The van der Waals surface area contributed by atoms with Crippen molar-refractivity contribution in [2.24, 2.45) is 0 Å². The zero-order chi connectivity index (χ0) is 12.3. The zero-order valence-corrected chi connectivity index (χ0v) is 9.50.